The van der Waals surface area contributed by atoms with Crippen molar-refractivity contribution in [3.8, 4) is 0 Å². The number of hydrogen-bond acceptors (Lipinski definition) is 2. The lowest BCUT2D eigenvalue weighted by molar-refractivity contribution is -0.885. The van der Waals surface area contributed by atoms with Crippen molar-refractivity contribution in [2.75, 3.05) is 26.0 Å². The second-order valence-electron chi connectivity index (χ2n) is 6.91. The molecule has 2 rings (SSSR count). The minimum atomic E-state index is -0.0968. The number of benzene rings is 2. The molecule has 0 bridgehead atoms. The maximum atomic E-state index is 12.4. The molecule has 5 heteroatoms. The molecule has 2 aromatic rings. The average Bonchev–Trinajstić information content (AvgIpc) is 2.58. The Hall–Kier alpha value is -2.66. The Morgan fingerprint density at radius 1 is 1.00 bits per heavy atom. The fraction of sp³-hybridized carbons (Fsp3) is 0.333. The number of hydrogen-bond donors (Lipinski definition) is 3. The molecular weight excluding hydrogens is 326 g/mol. The fourth-order valence-corrected chi connectivity index (χ4v) is 3.16. The van der Waals surface area contributed by atoms with Crippen LogP contribution in [0.2, 0.25) is 0 Å². The first-order chi connectivity index (χ1) is 12.3. The Kier molecular flexibility index (Phi) is 6.52. The van der Waals surface area contributed by atoms with E-state index >= 15 is 0 Å². The molecule has 26 heavy (non-hydrogen) atoms. The molecule has 0 aliphatic carbocycles. The predicted molar refractivity (Wildman–Crippen MR) is 105 cm³/mol. The molecule has 1 atom stereocenters. The van der Waals surface area contributed by atoms with Crippen molar-refractivity contribution in [3.63, 3.8) is 0 Å². The van der Waals surface area contributed by atoms with Crippen LogP contribution in [0.5, 0.6) is 0 Å². The van der Waals surface area contributed by atoms with Crippen molar-refractivity contribution in [3.05, 3.63) is 64.2 Å². The molecule has 0 radical (unpaired) electrons. The highest BCUT2D eigenvalue weighted by atomic mass is 16.2. The smallest absolute Gasteiger partial charge is 0.279 e. The molecule has 0 spiro atoms. The van der Waals surface area contributed by atoms with Gasteiger partial charge in [0.05, 0.1) is 7.05 Å². The van der Waals surface area contributed by atoms with E-state index in [1.807, 2.05) is 33.0 Å². The molecule has 0 saturated carbocycles. The summed E-state index contributed by atoms with van der Waals surface area (Å²) >= 11 is 0. The van der Waals surface area contributed by atoms with Crippen LogP contribution in [0.3, 0.4) is 0 Å². The zero-order valence-electron chi connectivity index (χ0n) is 16.2. The predicted octanol–water partition coefficient (Wildman–Crippen LogP) is 1.62. The number of nitrogens with one attached hydrogen (secondary N) is 3. The monoisotopic (exact) mass is 354 g/mol. The minimum Gasteiger partial charge on any atom is -0.355 e. The highest BCUT2D eigenvalue weighted by Gasteiger charge is 2.14. The lowest BCUT2D eigenvalue weighted by Gasteiger charge is -2.16. The molecule has 5 nitrogen and oxygen atoms in total. The Morgan fingerprint density at radius 3 is 2.12 bits per heavy atom. The summed E-state index contributed by atoms with van der Waals surface area (Å²) in [6, 6.07) is 11.6. The summed E-state index contributed by atoms with van der Waals surface area (Å²) in [5.74, 6) is -0.0972. The maximum Gasteiger partial charge on any atom is 0.279 e. The van der Waals surface area contributed by atoms with Crippen LogP contribution in [0.15, 0.2) is 36.4 Å². The molecule has 0 aromatic heterocycles. The van der Waals surface area contributed by atoms with Gasteiger partial charge in [0.2, 0.25) is 0 Å². The summed E-state index contributed by atoms with van der Waals surface area (Å²) in [6.45, 7) is 7.18. The number of aryl methyl sites for hydroxylation is 3. The average molecular weight is 354 g/mol. The second-order valence-corrected chi connectivity index (χ2v) is 6.91. The van der Waals surface area contributed by atoms with Gasteiger partial charge in [-0.25, -0.2) is 0 Å². The lowest BCUT2D eigenvalue weighted by Crippen LogP contribution is -3.08. The Morgan fingerprint density at radius 2 is 1.58 bits per heavy atom. The van der Waals surface area contributed by atoms with E-state index in [4.69, 9.17) is 0 Å². The number of carbonyl (C=O) groups is 2. The van der Waals surface area contributed by atoms with Crippen molar-refractivity contribution in [2.45, 2.75) is 27.3 Å². The molecule has 0 aliphatic rings. The molecule has 2 amide bonds. The molecule has 2 aromatic carbocycles. The summed E-state index contributed by atoms with van der Waals surface area (Å²) in [4.78, 5) is 25.1. The zero-order chi connectivity index (χ0) is 19.3. The van der Waals surface area contributed by atoms with Gasteiger partial charge in [-0.1, -0.05) is 29.8 Å². The number of rotatable bonds is 6. The summed E-state index contributed by atoms with van der Waals surface area (Å²) in [6.07, 6.45) is 0. The van der Waals surface area contributed by atoms with Crippen LogP contribution in [-0.2, 0) is 11.3 Å². The number of likely N-dealkylation sites (N-methyl/N-ethyl adjacent to an activating group) is 1. The van der Waals surface area contributed by atoms with Gasteiger partial charge in [0.25, 0.3) is 11.8 Å². The van der Waals surface area contributed by atoms with Gasteiger partial charge in [0, 0.05) is 23.9 Å². The summed E-state index contributed by atoms with van der Waals surface area (Å²) in [5, 5.41) is 5.65. The van der Waals surface area contributed by atoms with Gasteiger partial charge in [-0.2, -0.15) is 0 Å². The summed E-state index contributed by atoms with van der Waals surface area (Å²) in [5.41, 5.74) is 5.99. The number of carbonyl (C=O) groups excluding carboxylic acids is 2. The molecule has 0 saturated heterocycles. The highest BCUT2D eigenvalue weighted by molar-refractivity contribution is 5.94. The molecule has 1 unspecified atom stereocenters. The van der Waals surface area contributed by atoms with Crippen LogP contribution in [-0.4, -0.2) is 32.5 Å². The Bertz CT molecular complexity index is 774. The Balaban J connectivity index is 1.94. The molecule has 0 heterocycles. The van der Waals surface area contributed by atoms with E-state index in [1.54, 1.807) is 19.2 Å². The molecule has 0 aliphatic heterocycles. The largest absolute Gasteiger partial charge is 0.355 e. The molecular formula is C21H28N3O2+. The van der Waals surface area contributed by atoms with Crippen molar-refractivity contribution in [2.24, 2.45) is 0 Å². The topological polar surface area (TPSA) is 62.6 Å². The van der Waals surface area contributed by atoms with Gasteiger partial charge < -0.3 is 15.5 Å². The molecule has 138 valence electrons. The number of quaternary nitrogens is 1. The van der Waals surface area contributed by atoms with E-state index in [1.165, 1.54) is 5.56 Å². The van der Waals surface area contributed by atoms with Crippen LogP contribution in [0.25, 0.3) is 0 Å². The van der Waals surface area contributed by atoms with E-state index in [0.29, 0.717) is 18.7 Å². The SMILES string of the molecule is CNC(=O)c1ccc(C[NH+](C)CC(=O)Nc2c(C)cc(C)cc2C)cc1. The van der Waals surface area contributed by atoms with Crippen molar-refractivity contribution in [1.82, 2.24) is 5.32 Å². The molecule has 0 fully saturated rings. The second kappa shape index (κ2) is 8.63. The highest BCUT2D eigenvalue weighted by Crippen LogP contribution is 2.21. The first-order valence-electron chi connectivity index (χ1n) is 8.80. The third-order valence-corrected chi connectivity index (χ3v) is 4.35. The normalized spacial score (nSPS) is 11.7. The van der Waals surface area contributed by atoms with Crippen molar-refractivity contribution >= 4 is 17.5 Å². The third kappa shape index (κ3) is 5.17. The first kappa shape index (κ1) is 19.7. The standard InChI is InChI=1S/C21H27N3O2/c1-14-10-15(2)20(16(3)11-14)23-19(25)13-24(5)12-17-6-8-18(9-7-17)21(26)22-4/h6-11H,12-13H2,1-5H3,(H,22,26)(H,23,25)/p+1. The van der Waals surface area contributed by atoms with Gasteiger partial charge in [-0.3, -0.25) is 9.59 Å². The summed E-state index contributed by atoms with van der Waals surface area (Å²) < 4.78 is 0. The number of anilines is 1. The quantitative estimate of drug-likeness (QED) is 0.738. The summed E-state index contributed by atoms with van der Waals surface area (Å²) in [7, 11) is 3.60. The van der Waals surface area contributed by atoms with Gasteiger partial charge in [0.1, 0.15) is 6.54 Å². The van der Waals surface area contributed by atoms with Crippen LogP contribution < -0.4 is 15.5 Å². The van der Waals surface area contributed by atoms with Gasteiger partial charge >= 0.3 is 0 Å². The minimum absolute atomic E-state index is 0.000432. The Labute approximate surface area is 155 Å². The van der Waals surface area contributed by atoms with Crippen LogP contribution in [0.4, 0.5) is 5.69 Å². The van der Waals surface area contributed by atoms with Crippen LogP contribution >= 0.6 is 0 Å². The number of amides is 2. The first-order valence-corrected chi connectivity index (χ1v) is 8.80. The maximum absolute atomic E-state index is 12.4. The van der Waals surface area contributed by atoms with Crippen molar-refractivity contribution < 1.29 is 14.5 Å². The zero-order valence-corrected chi connectivity index (χ0v) is 16.2. The van der Waals surface area contributed by atoms with E-state index in [0.717, 1.165) is 27.3 Å². The third-order valence-electron chi connectivity index (χ3n) is 4.35. The van der Waals surface area contributed by atoms with E-state index in [2.05, 4.69) is 29.7 Å². The van der Waals surface area contributed by atoms with E-state index < -0.39 is 0 Å². The van der Waals surface area contributed by atoms with E-state index in [-0.39, 0.29) is 11.8 Å². The van der Waals surface area contributed by atoms with Gasteiger partial charge in [-0.05, 0) is 44.0 Å². The van der Waals surface area contributed by atoms with Gasteiger partial charge in [0.15, 0.2) is 6.54 Å². The van der Waals surface area contributed by atoms with Crippen molar-refractivity contribution in [1.29, 1.82) is 0 Å². The van der Waals surface area contributed by atoms with Gasteiger partial charge in [-0.15, -0.1) is 0 Å². The van der Waals surface area contributed by atoms with E-state index in [9.17, 15) is 9.59 Å². The fourth-order valence-electron chi connectivity index (χ4n) is 3.16. The molecule has 3 N–H and O–H groups in total. The van der Waals surface area contributed by atoms with Crippen LogP contribution in [0, 0.1) is 20.8 Å². The van der Waals surface area contributed by atoms with Crippen LogP contribution in [0.1, 0.15) is 32.6 Å². The lowest BCUT2D eigenvalue weighted by atomic mass is 10.1.